The molecule has 4 aromatic carbocycles. The molecule has 0 saturated carbocycles. The molecule has 0 N–H and O–H groups in total. The van der Waals surface area contributed by atoms with Gasteiger partial charge >= 0.3 is 21.7 Å². The maximum Gasteiger partial charge on any atom is 4.00 e. The molecule has 0 amide bonds. The predicted molar refractivity (Wildman–Crippen MR) is 171 cm³/mol. The standard InChI is InChI=1S/2C17H24P.2ClH.Ti/c1-16(2,3)18(17(4,5)6)15-11-13-9-7-8-10-14(13)12-15;1-13(2)11-18(12-14(3)4)17-9-15-7-5-6-8-16(15)10-17;;;/h7-12H,1-6H3;5-10,13-14H,11-12H2,1-4H3;2*1H;/q2*-1;;;+4/p-2. The molecule has 0 nitrogen and oxygen atoms in total. The van der Waals surface area contributed by atoms with Crippen molar-refractivity contribution in [2.75, 3.05) is 12.3 Å². The Morgan fingerprint density at radius 3 is 1.33 bits per heavy atom. The van der Waals surface area contributed by atoms with Crippen molar-refractivity contribution >= 4 is 48.0 Å². The second kappa shape index (κ2) is 16.5. The topological polar surface area (TPSA) is 0 Å². The SMILES string of the molecule is CC(C)(C)P(c1cc2ccccc2[cH-]1)C(C)(C)C.CC(C)CP(CC(C)C)c1cc2ccccc2[cH-]1.[Cl-].[Cl-].[Ti+4]. The van der Waals surface area contributed by atoms with Crippen LogP contribution in [0, 0.1) is 11.8 Å². The maximum atomic E-state index is 2.42. The average molecular weight is 637 g/mol. The van der Waals surface area contributed by atoms with Crippen LogP contribution >= 0.6 is 15.8 Å². The maximum absolute atomic E-state index is 2.42. The van der Waals surface area contributed by atoms with Gasteiger partial charge in [-0.1, -0.05) is 97.2 Å². The minimum Gasteiger partial charge on any atom is -1.00 e. The van der Waals surface area contributed by atoms with E-state index in [0.717, 1.165) is 11.8 Å². The van der Waals surface area contributed by atoms with Gasteiger partial charge in [0.1, 0.15) is 0 Å². The fourth-order valence-corrected chi connectivity index (χ4v) is 12.6. The van der Waals surface area contributed by atoms with Crippen molar-refractivity contribution in [3.63, 3.8) is 0 Å². The van der Waals surface area contributed by atoms with E-state index in [1.54, 1.807) is 10.6 Å². The van der Waals surface area contributed by atoms with E-state index in [1.807, 2.05) is 0 Å². The molecule has 0 fully saturated rings. The van der Waals surface area contributed by atoms with Crippen molar-refractivity contribution < 1.29 is 46.5 Å². The quantitative estimate of drug-likeness (QED) is 0.169. The summed E-state index contributed by atoms with van der Waals surface area (Å²) in [5.74, 6) is 1.60. The molecule has 39 heavy (non-hydrogen) atoms. The van der Waals surface area contributed by atoms with E-state index in [2.05, 4.69) is 142 Å². The second-order valence-corrected chi connectivity index (χ2v) is 19.3. The molecule has 5 heteroatoms. The summed E-state index contributed by atoms with van der Waals surface area (Å²) in [6, 6.07) is 27.1. The van der Waals surface area contributed by atoms with E-state index in [0.29, 0.717) is 10.3 Å². The molecule has 0 aliphatic heterocycles. The zero-order valence-corrected chi connectivity index (χ0v) is 30.5. The van der Waals surface area contributed by atoms with Gasteiger partial charge in [-0.15, -0.1) is 80.7 Å². The Kier molecular flexibility index (Phi) is 16.4. The van der Waals surface area contributed by atoms with Crippen LogP contribution in [0.15, 0.2) is 72.8 Å². The van der Waals surface area contributed by atoms with Gasteiger partial charge in [0, 0.05) is 0 Å². The zero-order valence-electron chi connectivity index (χ0n) is 25.6. The van der Waals surface area contributed by atoms with Gasteiger partial charge in [-0.05, 0) is 34.5 Å². The molecule has 0 radical (unpaired) electrons. The third-order valence-electron chi connectivity index (χ3n) is 6.34. The van der Waals surface area contributed by atoms with Crippen LogP contribution in [0.4, 0.5) is 0 Å². The van der Waals surface area contributed by atoms with Crippen molar-refractivity contribution in [3.8, 4) is 0 Å². The molecule has 0 unspecified atom stereocenters. The molecule has 0 saturated heterocycles. The predicted octanol–water partition coefficient (Wildman–Crippen LogP) is 4.25. The molecule has 0 aliphatic carbocycles. The van der Waals surface area contributed by atoms with Crippen LogP contribution in [0.1, 0.15) is 69.2 Å². The van der Waals surface area contributed by atoms with Crippen molar-refractivity contribution in [3.05, 3.63) is 72.8 Å². The number of hydrogen-bond donors (Lipinski definition) is 0. The van der Waals surface area contributed by atoms with Crippen LogP contribution in [0.5, 0.6) is 0 Å². The molecule has 0 spiro atoms. The Morgan fingerprint density at radius 1 is 0.615 bits per heavy atom. The van der Waals surface area contributed by atoms with E-state index in [1.165, 1.54) is 33.9 Å². The molecular formula is C34H48Cl2P2Ti. The average Bonchev–Trinajstić information content (AvgIpc) is 3.34. The monoisotopic (exact) mass is 636 g/mol. The van der Waals surface area contributed by atoms with Gasteiger partial charge in [-0.2, -0.15) is 12.1 Å². The molecule has 0 aliphatic rings. The van der Waals surface area contributed by atoms with Crippen molar-refractivity contribution in [2.45, 2.75) is 79.5 Å². The Bertz CT molecular complexity index is 1150. The van der Waals surface area contributed by atoms with Crippen LogP contribution in [0.2, 0.25) is 0 Å². The fourth-order valence-electron chi connectivity index (χ4n) is 5.53. The summed E-state index contributed by atoms with van der Waals surface area (Å²) in [4.78, 5) is 0. The van der Waals surface area contributed by atoms with Gasteiger partial charge in [0.25, 0.3) is 0 Å². The van der Waals surface area contributed by atoms with Crippen molar-refractivity contribution in [2.24, 2.45) is 11.8 Å². The summed E-state index contributed by atoms with van der Waals surface area (Å²) in [5, 5.41) is 9.43. The van der Waals surface area contributed by atoms with E-state index in [4.69, 9.17) is 0 Å². The minimum atomic E-state index is -0.185. The number of hydrogen-bond acceptors (Lipinski definition) is 0. The zero-order chi connectivity index (χ0) is 26.7. The van der Waals surface area contributed by atoms with E-state index in [9.17, 15) is 0 Å². The first-order valence-electron chi connectivity index (χ1n) is 13.6. The van der Waals surface area contributed by atoms with Crippen LogP contribution in [0.3, 0.4) is 0 Å². The van der Waals surface area contributed by atoms with Gasteiger partial charge in [0.15, 0.2) is 0 Å². The van der Waals surface area contributed by atoms with Gasteiger partial charge in [-0.3, -0.25) is 0 Å². The summed E-state index contributed by atoms with van der Waals surface area (Å²) >= 11 is 0. The minimum absolute atomic E-state index is 0. The van der Waals surface area contributed by atoms with Crippen LogP contribution in [-0.4, -0.2) is 22.6 Å². The van der Waals surface area contributed by atoms with E-state index >= 15 is 0 Å². The van der Waals surface area contributed by atoms with E-state index in [-0.39, 0.29) is 62.4 Å². The van der Waals surface area contributed by atoms with Crippen LogP contribution in [-0.2, 0) is 21.7 Å². The first-order chi connectivity index (χ1) is 16.8. The van der Waals surface area contributed by atoms with Gasteiger partial charge in [0.2, 0.25) is 0 Å². The first kappa shape index (κ1) is 38.8. The Labute approximate surface area is 269 Å². The molecule has 0 heterocycles. The molecule has 212 valence electrons. The molecule has 0 bridgehead atoms. The summed E-state index contributed by atoms with van der Waals surface area (Å²) in [5.41, 5.74) is 0. The van der Waals surface area contributed by atoms with Gasteiger partial charge in [-0.25, -0.2) is 0 Å². The third-order valence-corrected chi connectivity index (χ3v) is 13.1. The van der Waals surface area contributed by atoms with Crippen molar-refractivity contribution in [1.29, 1.82) is 0 Å². The Hall–Kier alpha value is -0.186. The van der Waals surface area contributed by atoms with Gasteiger partial charge in [0.05, 0.1) is 0 Å². The first-order valence-corrected chi connectivity index (χ1v) is 16.7. The molecule has 4 aromatic rings. The summed E-state index contributed by atoms with van der Waals surface area (Å²) < 4.78 is 0. The third kappa shape index (κ3) is 11.2. The van der Waals surface area contributed by atoms with Crippen molar-refractivity contribution in [1.82, 2.24) is 0 Å². The number of halogens is 2. The Morgan fingerprint density at radius 2 is 0.974 bits per heavy atom. The summed E-state index contributed by atoms with van der Waals surface area (Å²) in [7, 11) is -0.166. The Balaban J connectivity index is 0.000000688. The van der Waals surface area contributed by atoms with Crippen LogP contribution in [0.25, 0.3) is 21.5 Å². The smallest absolute Gasteiger partial charge is 1.00 e. The second-order valence-electron chi connectivity index (χ2n) is 13.1. The largest absolute Gasteiger partial charge is 4.00 e. The molecule has 0 atom stereocenters. The number of rotatable bonds is 6. The summed E-state index contributed by atoms with van der Waals surface area (Å²) in [6.45, 7) is 23.6. The molecule has 4 rings (SSSR count). The number of benzene rings is 2. The number of fused-ring (bicyclic) bond motifs is 2. The van der Waals surface area contributed by atoms with E-state index < -0.39 is 0 Å². The summed E-state index contributed by atoms with van der Waals surface area (Å²) in [6.07, 6.45) is 2.73. The molecular weight excluding hydrogens is 589 g/mol. The fraction of sp³-hybridized carbons (Fsp3) is 0.471. The van der Waals surface area contributed by atoms with Gasteiger partial charge < -0.3 is 24.8 Å². The molecule has 0 aromatic heterocycles. The normalized spacial score (nSPS) is 11.8. The van der Waals surface area contributed by atoms with Crippen LogP contribution < -0.4 is 35.4 Å².